The van der Waals surface area contributed by atoms with Crippen LogP contribution in [0.3, 0.4) is 0 Å². The number of nitrogens with zero attached hydrogens (tertiary/aromatic N) is 5. The van der Waals surface area contributed by atoms with Crippen molar-refractivity contribution in [3.63, 3.8) is 0 Å². The van der Waals surface area contributed by atoms with Crippen molar-refractivity contribution in [1.82, 2.24) is 24.5 Å². The monoisotopic (exact) mass is 315 g/mol. The van der Waals surface area contributed by atoms with Crippen LogP contribution >= 0.6 is 23.2 Å². The van der Waals surface area contributed by atoms with Gasteiger partial charge in [0.1, 0.15) is 6.54 Å². The van der Waals surface area contributed by atoms with Crippen molar-refractivity contribution < 1.29 is 4.79 Å². The largest absolute Gasteiger partial charge is 0.338 e. The molecule has 2 aromatic heterocycles. The van der Waals surface area contributed by atoms with Crippen LogP contribution in [0.1, 0.15) is 11.4 Å². The number of hydrogen-bond acceptors (Lipinski definition) is 3. The van der Waals surface area contributed by atoms with Crippen molar-refractivity contribution in [2.75, 3.05) is 7.05 Å². The third-order valence-corrected chi connectivity index (χ3v) is 3.69. The topological polar surface area (TPSA) is 56.0 Å². The Morgan fingerprint density at radius 1 is 1.40 bits per heavy atom. The molecule has 0 atom stereocenters. The second-order valence-corrected chi connectivity index (χ2v) is 5.39. The smallest absolute Gasteiger partial charge is 0.244 e. The predicted molar refractivity (Wildman–Crippen MR) is 76.7 cm³/mol. The quantitative estimate of drug-likeness (QED) is 0.865. The summed E-state index contributed by atoms with van der Waals surface area (Å²) in [5.41, 5.74) is 1.49. The number of carbonyl (C=O) groups excluding carboxylic acids is 1. The first-order valence-electron chi connectivity index (χ1n) is 5.98. The van der Waals surface area contributed by atoms with Gasteiger partial charge in [-0.15, -0.1) is 0 Å². The van der Waals surface area contributed by atoms with Crippen molar-refractivity contribution in [2.24, 2.45) is 7.05 Å². The number of halogens is 2. The zero-order chi connectivity index (χ0) is 14.9. The van der Waals surface area contributed by atoms with E-state index in [1.165, 1.54) is 4.68 Å². The first-order valence-corrected chi connectivity index (χ1v) is 6.74. The van der Waals surface area contributed by atoms with Gasteiger partial charge in [0, 0.05) is 20.3 Å². The van der Waals surface area contributed by atoms with E-state index < -0.39 is 0 Å². The molecule has 0 unspecified atom stereocenters. The molecule has 0 aliphatic carbocycles. The Hall–Kier alpha value is -1.53. The van der Waals surface area contributed by atoms with E-state index in [1.807, 2.05) is 0 Å². The third-order valence-electron chi connectivity index (χ3n) is 3.01. The Balaban J connectivity index is 2.02. The van der Waals surface area contributed by atoms with Gasteiger partial charge < -0.3 is 4.90 Å². The molecule has 0 aliphatic heterocycles. The molecule has 0 spiro atoms. The van der Waals surface area contributed by atoms with Gasteiger partial charge in [0.15, 0.2) is 0 Å². The Morgan fingerprint density at radius 2 is 2.10 bits per heavy atom. The SMILES string of the molecule is Cc1nn(CC(=O)N(C)Cc2c(Cl)cnn2C)cc1Cl. The highest BCUT2D eigenvalue weighted by Gasteiger charge is 2.15. The molecule has 0 radical (unpaired) electrons. The van der Waals surface area contributed by atoms with Gasteiger partial charge in [-0.05, 0) is 6.92 Å². The summed E-state index contributed by atoms with van der Waals surface area (Å²) in [6.45, 7) is 2.32. The molecular weight excluding hydrogens is 301 g/mol. The van der Waals surface area contributed by atoms with Gasteiger partial charge in [-0.2, -0.15) is 10.2 Å². The van der Waals surface area contributed by atoms with E-state index in [1.54, 1.807) is 43.0 Å². The van der Waals surface area contributed by atoms with Gasteiger partial charge in [0.25, 0.3) is 0 Å². The number of likely N-dealkylation sites (N-methyl/N-ethyl adjacent to an activating group) is 1. The lowest BCUT2D eigenvalue weighted by Crippen LogP contribution is -2.30. The van der Waals surface area contributed by atoms with Gasteiger partial charge >= 0.3 is 0 Å². The van der Waals surface area contributed by atoms with E-state index in [9.17, 15) is 4.79 Å². The Kier molecular flexibility index (Phi) is 4.35. The van der Waals surface area contributed by atoms with Crippen molar-refractivity contribution in [3.8, 4) is 0 Å². The summed E-state index contributed by atoms with van der Waals surface area (Å²) in [6.07, 6.45) is 3.20. The van der Waals surface area contributed by atoms with Crippen LogP contribution in [0.2, 0.25) is 10.0 Å². The molecule has 0 saturated heterocycles. The number of hydrogen-bond donors (Lipinski definition) is 0. The second kappa shape index (κ2) is 5.85. The number of aryl methyl sites for hydroxylation is 2. The Morgan fingerprint density at radius 3 is 2.60 bits per heavy atom. The van der Waals surface area contributed by atoms with Gasteiger partial charge in [-0.1, -0.05) is 23.2 Å². The highest BCUT2D eigenvalue weighted by atomic mass is 35.5. The minimum atomic E-state index is -0.0820. The van der Waals surface area contributed by atoms with Crippen molar-refractivity contribution >= 4 is 29.1 Å². The van der Waals surface area contributed by atoms with Crippen molar-refractivity contribution in [3.05, 3.63) is 33.8 Å². The Labute approximate surface area is 126 Å². The van der Waals surface area contributed by atoms with Gasteiger partial charge in [-0.3, -0.25) is 14.2 Å². The molecule has 20 heavy (non-hydrogen) atoms. The van der Waals surface area contributed by atoms with E-state index in [0.29, 0.717) is 22.3 Å². The summed E-state index contributed by atoms with van der Waals surface area (Å²) in [7, 11) is 3.50. The highest BCUT2D eigenvalue weighted by Crippen LogP contribution is 2.16. The van der Waals surface area contributed by atoms with Crippen LogP contribution in [-0.2, 0) is 24.9 Å². The molecule has 8 heteroatoms. The lowest BCUT2D eigenvalue weighted by molar-refractivity contribution is -0.131. The maximum atomic E-state index is 12.1. The fraction of sp³-hybridized carbons (Fsp3) is 0.417. The number of carbonyl (C=O) groups is 1. The summed E-state index contributed by atoms with van der Waals surface area (Å²) in [5, 5.41) is 9.30. The first-order chi connectivity index (χ1) is 9.38. The van der Waals surface area contributed by atoms with E-state index in [-0.39, 0.29) is 12.5 Å². The molecule has 0 saturated carbocycles. The molecule has 1 amide bonds. The highest BCUT2D eigenvalue weighted by molar-refractivity contribution is 6.31. The normalized spacial score (nSPS) is 10.8. The van der Waals surface area contributed by atoms with Crippen LogP contribution in [-0.4, -0.2) is 37.4 Å². The van der Waals surface area contributed by atoms with E-state index in [0.717, 1.165) is 5.69 Å². The molecule has 0 bridgehead atoms. The minimum absolute atomic E-state index is 0.0820. The average Bonchev–Trinajstić information content (AvgIpc) is 2.86. The molecular formula is C12H15Cl2N5O. The minimum Gasteiger partial charge on any atom is -0.338 e. The first kappa shape index (κ1) is 14.9. The molecule has 2 aromatic rings. The van der Waals surface area contributed by atoms with Crippen LogP contribution in [0.4, 0.5) is 0 Å². The van der Waals surface area contributed by atoms with Gasteiger partial charge in [0.2, 0.25) is 5.91 Å². The van der Waals surface area contributed by atoms with Gasteiger partial charge in [0.05, 0.1) is 34.2 Å². The van der Waals surface area contributed by atoms with Crippen LogP contribution < -0.4 is 0 Å². The van der Waals surface area contributed by atoms with Crippen LogP contribution in [0.25, 0.3) is 0 Å². The summed E-state index contributed by atoms with van der Waals surface area (Å²) >= 11 is 11.9. The van der Waals surface area contributed by atoms with Crippen LogP contribution in [0.5, 0.6) is 0 Å². The zero-order valence-electron chi connectivity index (χ0n) is 11.5. The second-order valence-electron chi connectivity index (χ2n) is 4.57. The summed E-state index contributed by atoms with van der Waals surface area (Å²) < 4.78 is 3.18. The Bertz CT molecular complexity index is 595. The standard InChI is InChI=1S/C12H15Cl2N5O/c1-8-10(14)5-19(16-8)7-12(20)17(2)6-11-9(13)4-15-18(11)3/h4-5H,6-7H2,1-3H3. The van der Waals surface area contributed by atoms with Gasteiger partial charge in [-0.25, -0.2) is 0 Å². The van der Waals surface area contributed by atoms with Crippen molar-refractivity contribution in [1.29, 1.82) is 0 Å². The number of rotatable bonds is 4. The lowest BCUT2D eigenvalue weighted by Gasteiger charge is -2.17. The fourth-order valence-corrected chi connectivity index (χ4v) is 2.14. The number of aromatic nitrogens is 4. The maximum absolute atomic E-state index is 12.1. The predicted octanol–water partition coefficient (Wildman–Crippen LogP) is 1.89. The van der Waals surface area contributed by atoms with E-state index >= 15 is 0 Å². The van der Waals surface area contributed by atoms with Crippen molar-refractivity contribution in [2.45, 2.75) is 20.0 Å². The molecule has 0 aromatic carbocycles. The molecule has 6 nitrogen and oxygen atoms in total. The molecule has 0 N–H and O–H groups in total. The number of amides is 1. The summed E-state index contributed by atoms with van der Waals surface area (Å²) in [5.74, 6) is -0.0820. The van der Waals surface area contributed by atoms with E-state index in [4.69, 9.17) is 23.2 Å². The zero-order valence-corrected chi connectivity index (χ0v) is 13.0. The fourth-order valence-electron chi connectivity index (χ4n) is 1.76. The van der Waals surface area contributed by atoms with Crippen LogP contribution in [0, 0.1) is 6.92 Å². The summed E-state index contributed by atoms with van der Waals surface area (Å²) in [4.78, 5) is 13.7. The molecule has 0 aliphatic rings. The molecule has 0 fully saturated rings. The molecule has 2 heterocycles. The molecule has 108 valence electrons. The summed E-state index contributed by atoms with van der Waals surface area (Å²) in [6, 6.07) is 0. The average molecular weight is 316 g/mol. The van der Waals surface area contributed by atoms with Crippen LogP contribution in [0.15, 0.2) is 12.4 Å². The molecule has 2 rings (SSSR count). The van der Waals surface area contributed by atoms with E-state index in [2.05, 4.69) is 10.2 Å². The maximum Gasteiger partial charge on any atom is 0.244 e. The lowest BCUT2D eigenvalue weighted by atomic mass is 10.4. The third kappa shape index (κ3) is 3.13.